The second-order valence-corrected chi connectivity index (χ2v) is 30.0. The summed E-state index contributed by atoms with van der Waals surface area (Å²) in [6.45, 7) is 25.7. The fourth-order valence-corrected chi connectivity index (χ4v) is 8.36. The Labute approximate surface area is 467 Å². The molecule has 0 aliphatic heterocycles. The first-order chi connectivity index (χ1) is 26.9. The molecule has 0 aromatic carbocycles. The summed E-state index contributed by atoms with van der Waals surface area (Å²) in [7, 11) is 0. The molecule has 5 aliphatic carbocycles. The largest absolute Gasteiger partial charge is 2.00 e. The fourth-order valence-electron chi connectivity index (χ4n) is 7.54. The van der Waals surface area contributed by atoms with Crippen LogP contribution in [0.3, 0.4) is 0 Å². The van der Waals surface area contributed by atoms with Crippen molar-refractivity contribution in [2.75, 3.05) is 0 Å². The number of aromatic amines is 2. The third kappa shape index (κ3) is 29.4. The smallest absolute Gasteiger partial charge is 1.00 e. The molecule has 0 fully saturated rings. The van der Waals surface area contributed by atoms with Crippen molar-refractivity contribution in [3.8, 4) is 0 Å². The van der Waals surface area contributed by atoms with E-state index in [0.717, 1.165) is 78.9 Å². The fraction of sp³-hybridized carbons (Fsp3) is 0.622. The number of rotatable bonds is 7. The van der Waals surface area contributed by atoms with Crippen LogP contribution in [0.15, 0.2) is 77.4 Å². The maximum absolute atomic E-state index is 11.0. The molecule has 7 nitrogen and oxygen atoms in total. The van der Waals surface area contributed by atoms with Gasteiger partial charge in [-0.05, 0) is 151 Å². The van der Waals surface area contributed by atoms with Gasteiger partial charge in [-0.1, -0.05) is 84.1 Å². The van der Waals surface area contributed by atoms with Gasteiger partial charge in [0, 0.05) is 31.2 Å². The molecule has 0 spiro atoms. The molecular weight excluding hydrogens is 1190 g/mol. The molecule has 17 heteroatoms. The topological polar surface area (TPSA) is 115 Å². The number of aliphatic hydroxyl groups is 2. The van der Waals surface area contributed by atoms with Crippen LogP contribution in [0.4, 0.5) is 0 Å². The Balaban J connectivity index is -0.000000120. The van der Waals surface area contributed by atoms with Gasteiger partial charge in [-0.15, -0.1) is 0 Å². The van der Waals surface area contributed by atoms with Gasteiger partial charge in [0.2, 0.25) is 0 Å². The molecule has 3 radical (unpaired) electrons. The molecule has 0 saturated heterocycles. The van der Waals surface area contributed by atoms with Gasteiger partial charge >= 0.3 is 106 Å². The maximum Gasteiger partial charge on any atom is 2.00 e. The molecule has 4 unspecified atom stereocenters. The summed E-state index contributed by atoms with van der Waals surface area (Å²) in [6, 6.07) is 0. The number of hydrogen-bond acceptors (Lipinski definition) is 5. The second kappa shape index (κ2) is 43.4. The van der Waals surface area contributed by atoms with Crippen LogP contribution < -0.4 is 52.2 Å². The Morgan fingerprint density at radius 1 is 0.806 bits per heavy atom. The van der Waals surface area contributed by atoms with Crippen molar-refractivity contribution < 1.29 is 98.4 Å². The Hall–Kier alpha value is 2.36. The second-order valence-electron chi connectivity index (χ2n) is 14.5. The molecular formula is C45H74BBr3CeCl3MgN2NaO5. The molecule has 1 aromatic rings. The van der Waals surface area contributed by atoms with Crippen LogP contribution in [0.5, 0.6) is 0 Å². The van der Waals surface area contributed by atoms with E-state index in [-0.39, 0.29) is 111 Å². The first-order valence-electron chi connectivity index (χ1n) is 20.1. The Morgan fingerprint density at radius 3 is 1.56 bits per heavy atom. The molecule has 0 saturated carbocycles. The molecule has 4 N–H and O–H groups in total. The Kier molecular flexibility index (Phi) is 53.1. The molecule has 5 aliphatic rings. The monoisotopic (exact) mass is 1260 g/mol. The van der Waals surface area contributed by atoms with Crippen LogP contribution in [-0.2, 0) is 16.0 Å². The number of hydrogen-bond donors (Lipinski definition) is 4. The Bertz CT molecular complexity index is 1640. The normalized spacial score (nSPS) is 20.4. The van der Waals surface area contributed by atoms with E-state index >= 15 is 0 Å². The van der Waals surface area contributed by atoms with E-state index in [2.05, 4.69) is 96.9 Å². The zero-order valence-electron chi connectivity index (χ0n) is 39.4. The number of halogens is 6. The van der Waals surface area contributed by atoms with Gasteiger partial charge in [0.1, 0.15) is 6.10 Å². The van der Waals surface area contributed by atoms with Crippen molar-refractivity contribution >= 4 is 86.0 Å². The minimum Gasteiger partial charge on any atom is -1.00 e. The minimum absolute atomic E-state index is 0. The number of Topliss-reactive ketones (excluding diaryl/α,β-unsaturated/α-hetero) is 1. The van der Waals surface area contributed by atoms with Crippen molar-refractivity contribution in [1.82, 2.24) is 9.97 Å². The minimum atomic E-state index is -2.24. The quantitative estimate of drug-likeness (QED) is 0.0957. The van der Waals surface area contributed by atoms with Gasteiger partial charge in [0.05, 0.1) is 23.0 Å². The van der Waals surface area contributed by atoms with E-state index in [1.54, 1.807) is 30.5 Å². The van der Waals surface area contributed by atoms with Crippen molar-refractivity contribution in [2.45, 2.75) is 178 Å². The molecule has 0 amide bonds. The molecule has 6 rings (SSSR count). The third-order valence-electron chi connectivity index (χ3n) is 10.7. The van der Waals surface area contributed by atoms with E-state index in [9.17, 15) is 14.7 Å². The molecule has 62 heavy (non-hydrogen) atoms. The zero-order chi connectivity index (χ0) is 43.8. The predicted molar refractivity (Wildman–Crippen MR) is 267 cm³/mol. The molecule has 0 bridgehead atoms. The number of aromatic nitrogens is 2. The summed E-state index contributed by atoms with van der Waals surface area (Å²) in [5.41, 5.74) is 27.3. The summed E-state index contributed by atoms with van der Waals surface area (Å²) < 4.78 is 7.18. The van der Waals surface area contributed by atoms with Crippen LogP contribution >= 0.6 is 48.7 Å². The van der Waals surface area contributed by atoms with Gasteiger partial charge in [-0.25, -0.2) is 4.79 Å². The van der Waals surface area contributed by atoms with Crippen LogP contribution in [0.25, 0.3) is 0 Å². The van der Waals surface area contributed by atoms with Crippen molar-refractivity contribution in [1.29, 1.82) is 0 Å². The van der Waals surface area contributed by atoms with E-state index in [0.29, 0.717) is 18.4 Å². The average Bonchev–Trinajstić information content (AvgIpc) is 4.03. The number of ketones is 1. The third-order valence-corrected chi connectivity index (χ3v) is 13.1. The van der Waals surface area contributed by atoms with E-state index in [1.165, 1.54) is 52.7 Å². The molecule has 1 heterocycles. The van der Waals surface area contributed by atoms with Crippen molar-refractivity contribution in [2.24, 2.45) is 5.92 Å². The SMILES string of the molecule is C.C=COC1CCC(C)=C1CC.CC1=C(Br)C(=O)CC1.CC1=C(Br)C(O)CC1.CCC1=C(C)CCC1Cc1c[nH]c(=O)[nH]1.CCC1=C(C)CCC1O.[B].[Br-].[CH2-]C.[Cl][Ce]([Cl])[Cl].[H-].[Mg+2].[Na+]. The summed E-state index contributed by atoms with van der Waals surface area (Å²) >= 11 is 4.26. The predicted octanol–water partition coefficient (Wildman–Crippen LogP) is 8.02. The average molecular weight is 1270 g/mol. The van der Waals surface area contributed by atoms with Gasteiger partial charge in [0.25, 0.3) is 0 Å². The van der Waals surface area contributed by atoms with Gasteiger partial charge < -0.3 is 50.2 Å². The number of H-pyrrole nitrogens is 2. The molecule has 4 atom stereocenters. The van der Waals surface area contributed by atoms with Crippen LogP contribution in [-0.4, -0.2) is 75.7 Å². The zero-order valence-corrected chi connectivity index (χ0v) is 52.0. The van der Waals surface area contributed by atoms with Crippen LogP contribution in [0, 0.1) is 43.5 Å². The summed E-state index contributed by atoms with van der Waals surface area (Å²) in [5.74, 6) is 0.893. The summed E-state index contributed by atoms with van der Waals surface area (Å²) in [6.07, 6.45) is 18.0. The van der Waals surface area contributed by atoms with E-state index < -0.39 is 30.7 Å². The number of carbonyl (C=O) groups is 1. The number of imidazole rings is 1. The number of ether oxygens (including phenoxy) is 1. The van der Waals surface area contributed by atoms with Gasteiger partial charge in [-0.3, -0.25) is 4.79 Å². The first kappa shape index (κ1) is 75.9. The van der Waals surface area contributed by atoms with E-state index in [1.807, 2.05) is 13.8 Å². The van der Waals surface area contributed by atoms with Gasteiger partial charge in [-0.2, -0.15) is 6.92 Å². The number of aliphatic hydroxyl groups excluding tert-OH is 2. The number of allylic oxidation sites excluding steroid dienone is 7. The number of nitrogens with one attached hydrogen (secondary N) is 2. The molecule has 346 valence electrons. The van der Waals surface area contributed by atoms with Crippen LogP contribution in [0.1, 0.15) is 160 Å². The van der Waals surface area contributed by atoms with Crippen molar-refractivity contribution in [3.63, 3.8) is 0 Å². The Morgan fingerprint density at radius 2 is 1.26 bits per heavy atom. The standard InChI is InChI=1S/C12H18N2O.C10H16O.C8H14O.C6H9BrO.C6H7BrO.C2H5.CH4.B.BrH.Ce.3ClH.Mg.Na.H/c1-3-11-8(2)4-5-9(11)6-10-7-13-12(15)14-10;1-4-9-8(3)6-7-10(9)11-5-2;1-3-7-6(2)4-5-8(7)9;2*1-4-2-3-5(8)6(4)7;1-2;;;;;;;;;;/h7,9H,3-6H2,1-2H3,(H2,13,14,15);5,10H,2,4,6-7H2,1,3H3;8-9H,3-5H2,1-2H3;5,8H,2-3H2,1H3;2-3H2,1H3;1H2,2H3;1H4;;1H;;3*1H;;;/q;;;;;-1;;;;+3;;;;+2;+1;-1/p-4. The molecule has 1 aromatic heterocycles. The summed E-state index contributed by atoms with van der Waals surface area (Å²) in [5, 5.41) is 18.4. The van der Waals surface area contributed by atoms with Crippen molar-refractivity contribution in [3.05, 3.63) is 95.7 Å². The summed E-state index contributed by atoms with van der Waals surface area (Å²) in [4.78, 5) is 27.1. The van der Waals surface area contributed by atoms with Gasteiger partial charge in [0.15, 0.2) is 5.78 Å². The maximum atomic E-state index is 11.0. The van der Waals surface area contributed by atoms with Crippen LogP contribution in [0.2, 0.25) is 0 Å². The number of carbonyl (C=O) groups excluding carboxylic acids is 1. The van der Waals surface area contributed by atoms with E-state index in [4.69, 9.17) is 26.7 Å². The first-order valence-corrected chi connectivity index (χ1v) is 33.5.